The Labute approximate surface area is 99.5 Å². The van der Waals surface area contributed by atoms with E-state index in [0.29, 0.717) is 6.04 Å². The van der Waals surface area contributed by atoms with Gasteiger partial charge in [-0.2, -0.15) is 0 Å². The largest absolute Gasteiger partial charge is 0.367 e. The highest BCUT2D eigenvalue weighted by Crippen LogP contribution is 2.12. The molecular formula is C14H24N2. The van der Waals surface area contributed by atoms with Crippen LogP contribution in [0.4, 0.5) is 5.82 Å². The SMILES string of the molecule is CCCCCCC(CC)Nc1ccccn1. The average Bonchev–Trinajstić information content (AvgIpc) is 2.34. The fourth-order valence-electron chi connectivity index (χ4n) is 1.85. The number of aromatic nitrogens is 1. The first-order chi connectivity index (χ1) is 7.86. The maximum absolute atomic E-state index is 4.30. The third kappa shape index (κ3) is 5.15. The Morgan fingerprint density at radius 2 is 2.06 bits per heavy atom. The van der Waals surface area contributed by atoms with Gasteiger partial charge in [-0.05, 0) is 25.0 Å². The third-order valence-corrected chi connectivity index (χ3v) is 2.92. The Kier molecular flexibility index (Phi) is 6.62. The summed E-state index contributed by atoms with van der Waals surface area (Å²) in [5.41, 5.74) is 0. The molecule has 0 aromatic carbocycles. The van der Waals surface area contributed by atoms with Crippen molar-refractivity contribution < 1.29 is 0 Å². The maximum Gasteiger partial charge on any atom is 0.126 e. The van der Waals surface area contributed by atoms with Crippen LogP contribution in [0.5, 0.6) is 0 Å². The van der Waals surface area contributed by atoms with Gasteiger partial charge < -0.3 is 5.32 Å². The van der Waals surface area contributed by atoms with E-state index in [1.54, 1.807) is 0 Å². The van der Waals surface area contributed by atoms with Crippen molar-refractivity contribution in [3.8, 4) is 0 Å². The lowest BCUT2D eigenvalue weighted by atomic mass is 10.1. The maximum atomic E-state index is 4.30. The first kappa shape index (κ1) is 13.0. The highest BCUT2D eigenvalue weighted by atomic mass is 15.0. The molecule has 2 heteroatoms. The lowest BCUT2D eigenvalue weighted by Crippen LogP contribution is -2.18. The summed E-state index contributed by atoms with van der Waals surface area (Å²) in [5.74, 6) is 1.00. The van der Waals surface area contributed by atoms with Gasteiger partial charge in [0, 0.05) is 12.2 Å². The van der Waals surface area contributed by atoms with Crippen molar-refractivity contribution in [2.24, 2.45) is 0 Å². The Hall–Kier alpha value is -1.05. The van der Waals surface area contributed by atoms with Gasteiger partial charge in [0.2, 0.25) is 0 Å². The van der Waals surface area contributed by atoms with Crippen LogP contribution < -0.4 is 5.32 Å². The quantitative estimate of drug-likeness (QED) is 0.663. The Bertz CT molecular complexity index is 259. The van der Waals surface area contributed by atoms with Gasteiger partial charge in [0.05, 0.1) is 0 Å². The number of pyridine rings is 1. The van der Waals surface area contributed by atoms with Crippen LogP contribution in [0.2, 0.25) is 0 Å². The van der Waals surface area contributed by atoms with E-state index in [2.05, 4.69) is 24.1 Å². The predicted octanol–water partition coefficient (Wildman–Crippen LogP) is 4.24. The van der Waals surface area contributed by atoms with Crippen molar-refractivity contribution in [2.45, 2.75) is 58.4 Å². The Balaban J connectivity index is 2.26. The highest BCUT2D eigenvalue weighted by Gasteiger charge is 2.05. The second kappa shape index (κ2) is 8.14. The molecular weight excluding hydrogens is 196 g/mol. The van der Waals surface area contributed by atoms with E-state index < -0.39 is 0 Å². The van der Waals surface area contributed by atoms with Crippen LogP contribution in [-0.4, -0.2) is 11.0 Å². The smallest absolute Gasteiger partial charge is 0.126 e. The van der Waals surface area contributed by atoms with E-state index in [9.17, 15) is 0 Å². The van der Waals surface area contributed by atoms with Gasteiger partial charge in [0.1, 0.15) is 5.82 Å². The van der Waals surface area contributed by atoms with Crippen molar-refractivity contribution in [3.63, 3.8) is 0 Å². The third-order valence-electron chi connectivity index (χ3n) is 2.92. The predicted molar refractivity (Wildman–Crippen MR) is 70.7 cm³/mol. The van der Waals surface area contributed by atoms with Crippen LogP contribution in [0.15, 0.2) is 24.4 Å². The van der Waals surface area contributed by atoms with Crippen LogP contribution >= 0.6 is 0 Å². The number of nitrogens with one attached hydrogen (secondary N) is 1. The molecule has 0 spiro atoms. The molecule has 0 saturated heterocycles. The zero-order valence-electron chi connectivity index (χ0n) is 10.6. The Morgan fingerprint density at radius 1 is 1.19 bits per heavy atom. The molecule has 0 bridgehead atoms. The lowest BCUT2D eigenvalue weighted by Gasteiger charge is -2.17. The van der Waals surface area contributed by atoms with E-state index >= 15 is 0 Å². The molecule has 0 aliphatic carbocycles. The molecule has 1 rings (SSSR count). The normalized spacial score (nSPS) is 12.4. The monoisotopic (exact) mass is 220 g/mol. The van der Waals surface area contributed by atoms with Crippen molar-refractivity contribution in [1.29, 1.82) is 0 Å². The topological polar surface area (TPSA) is 24.9 Å². The first-order valence-electron chi connectivity index (χ1n) is 6.54. The number of hydrogen-bond donors (Lipinski definition) is 1. The highest BCUT2D eigenvalue weighted by molar-refractivity contribution is 5.34. The number of unbranched alkanes of at least 4 members (excludes halogenated alkanes) is 3. The molecule has 0 aliphatic heterocycles. The number of rotatable bonds is 8. The second-order valence-corrected chi connectivity index (χ2v) is 4.31. The van der Waals surface area contributed by atoms with Crippen LogP contribution in [0, 0.1) is 0 Å². The van der Waals surface area contributed by atoms with Crippen LogP contribution in [0.25, 0.3) is 0 Å². The molecule has 1 heterocycles. The van der Waals surface area contributed by atoms with Gasteiger partial charge in [0.15, 0.2) is 0 Å². The number of nitrogens with zero attached hydrogens (tertiary/aromatic N) is 1. The summed E-state index contributed by atoms with van der Waals surface area (Å²) < 4.78 is 0. The fraction of sp³-hybridized carbons (Fsp3) is 0.643. The zero-order valence-corrected chi connectivity index (χ0v) is 10.6. The van der Waals surface area contributed by atoms with Crippen LogP contribution in [0.1, 0.15) is 52.4 Å². The lowest BCUT2D eigenvalue weighted by molar-refractivity contribution is 0.560. The van der Waals surface area contributed by atoms with Crippen LogP contribution in [0.3, 0.4) is 0 Å². The minimum absolute atomic E-state index is 0.576. The second-order valence-electron chi connectivity index (χ2n) is 4.31. The van der Waals surface area contributed by atoms with E-state index in [0.717, 1.165) is 5.82 Å². The molecule has 0 fully saturated rings. The molecule has 0 amide bonds. The van der Waals surface area contributed by atoms with Crippen molar-refractivity contribution in [1.82, 2.24) is 4.98 Å². The van der Waals surface area contributed by atoms with Gasteiger partial charge in [-0.1, -0.05) is 45.6 Å². The molecule has 16 heavy (non-hydrogen) atoms. The van der Waals surface area contributed by atoms with E-state index in [4.69, 9.17) is 0 Å². The summed E-state index contributed by atoms with van der Waals surface area (Å²) >= 11 is 0. The standard InChI is InChI=1S/C14H24N2/c1-3-5-6-7-10-13(4-2)16-14-11-8-9-12-15-14/h8-9,11-13H,3-7,10H2,1-2H3,(H,15,16). The average molecular weight is 220 g/mol. The molecule has 1 atom stereocenters. The van der Waals surface area contributed by atoms with E-state index in [1.807, 2.05) is 24.4 Å². The van der Waals surface area contributed by atoms with Crippen LogP contribution in [-0.2, 0) is 0 Å². The summed E-state index contributed by atoms with van der Waals surface area (Å²) in [6, 6.07) is 6.59. The zero-order chi connectivity index (χ0) is 11.6. The number of hydrogen-bond acceptors (Lipinski definition) is 2. The van der Waals surface area contributed by atoms with Crippen molar-refractivity contribution in [2.75, 3.05) is 5.32 Å². The molecule has 2 nitrogen and oxygen atoms in total. The molecule has 1 N–H and O–H groups in total. The molecule has 1 aromatic rings. The fourth-order valence-corrected chi connectivity index (χ4v) is 1.85. The van der Waals surface area contributed by atoms with Gasteiger partial charge in [0.25, 0.3) is 0 Å². The molecule has 0 saturated carbocycles. The minimum atomic E-state index is 0.576. The van der Waals surface area contributed by atoms with E-state index in [-0.39, 0.29) is 0 Å². The summed E-state index contributed by atoms with van der Waals surface area (Å²) in [5, 5.41) is 3.49. The summed E-state index contributed by atoms with van der Waals surface area (Å²) in [7, 11) is 0. The van der Waals surface area contributed by atoms with Crippen molar-refractivity contribution in [3.05, 3.63) is 24.4 Å². The summed E-state index contributed by atoms with van der Waals surface area (Å²) in [6.07, 6.45) is 9.62. The van der Waals surface area contributed by atoms with Crippen molar-refractivity contribution >= 4 is 5.82 Å². The van der Waals surface area contributed by atoms with Gasteiger partial charge in [-0.15, -0.1) is 0 Å². The van der Waals surface area contributed by atoms with Gasteiger partial charge >= 0.3 is 0 Å². The molecule has 1 unspecified atom stereocenters. The molecule has 0 radical (unpaired) electrons. The Morgan fingerprint density at radius 3 is 2.69 bits per heavy atom. The minimum Gasteiger partial charge on any atom is -0.367 e. The van der Waals surface area contributed by atoms with Gasteiger partial charge in [-0.25, -0.2) is 4.98 Å². The molecule has 90 valence electrons. The first-order valence-corrected chi connectivity index (χ1v) is 6.54. The van der Waals surface area contributed by atoms with E-state index in [1.165, 1.54) is 38.5 Å². The number of anilines is 1. The summed E-state index contributed by atoms with van der Waals surface area (Å²) in [4.78, 5) is 4.30. The molecule has 0 aliphatic rings. The molecule has 1 aromatic heterocycles. The summed E-state index contributed by atoms with van der Waals surface area (Å²) in [6.45, 7) is 4.49. The van der Waals surface area contributed by atoms with Gasteiger partial charge in [-0.3, -0.25) is 0 Å².